The number of fused-ring (bicyclic) bond motifs is 1. The third kappa shape index (κ3) is 1.77. The summed E-state index contributed by atoms with van der Waals surface area (Å²) in [4.78, 5) is 15.6. The SMILES string of the molecule is O=c1c(-c2ccccc2Br)c[nH]c2ccccc12. The molecule has 0 spiro atoms. The maximum atomic E-state index is 12.4. The molecule has 1 N–H and O–H groups in total. The van der Waals surface area contributed by atoms with Gasteiger partial charge in [-0.05, 0) is 18.2 Å². The van der Waals surface area contributed by atoms with Gasteiger partial charge in [0.15, 0.2) is 5.43 Å². The molecular weight excluding hydrogens is 290 g/mol. The first-order chi connectivity index (χ1) is 8.77. The third-order valence-electron chi connectivity index (χ3n) is 2.95. The Balaban J connectivity index is 2.35. The number of hydrogen-bond donors (Lipinski definition) is 1. The molecule has 0 amide bonds. The lowest BCUT2D eigenvalue weighted by Gasteiger charge is -2.05. The number of H-pyrrole nitrogens is 1. The first-order valence-electron chi connectivity index (χ1n) is 5.63. The quantitative estimate of drug-likeness (QED) is 0.725. The molecule has 3 aromatic rings. The summed E-state index contributed by atoms with van der Waals surface area (Å²) >= 11 is 3.48. The van der Waals surface area contributed by atoms with Crippen molar-refractivity contribution in [3.05, 3.63) is 69.4 Å². The lowest BCUT2D eigenvalue weighted by atomic mass is 10.0. The monoisotopic (exact) mass is 299 g/mol. The highest BCUT2D eigenvalue weighted by molar-refractivity contribution is 9.10. The number of pyridine rings is 1. The van der Waals surface area contributed by atoms with Crippen LogP contribution in [0.1, 0.15) is 0 Å². The first kappa shape index (κ1) is 11.2. The van der Waals surface area contributed by atoms with Crippen LogP contribution in [0, 0.1) is 0 Å². The summed E-state index contributed by atoms with van der Waals surface area (Å²) in [5, 5.41) is 0.714. The first-order valence-corrected chi connectivity index (χ1v) is 6.42. The number of rotatable bonds is 1. The van der Waals surface area contributed by atoms with Crippen molar-refractivity contribution >= 4 is 26.8 Å². The molecule has 0 saturated carbocycles. The zero-order valence-corrected chi connectivity index (χ0v) is 11.1. The van der Waals surface area contributed by atoms with E-state index in [9.17, 15) is 4.79 Å². The van der Waals surface area contributed by atoms with Crippen molar-refractivity contribution in [2.75, 3.05) is 0 Å². The number of halogens is 1. The minimum atomic E-state index is 0.0521. The molecule has 3 heteroatoms. The summed E-state index contributed by atoms with van der Waals surface area (Å²) in [5.41, 5.74) is 2.50. The van der Waals surface area contributed by atoms with E-state index >= 15 is 0 Å². The molecule has 2 nitrogen and oxygen atoms in total. The highest BCUT2D eigenvalue weighted by atomic mass is 79.9. The molecule has 0 radical (unpaired) electrons. The van der Waals surface area contributed by atoms with Crippen LogP contribution in [0.2, 0.25) is 0 Å². The van der Waals surface area contributed by atoms with Gasteiger partial charge in [0, 0.05) is 32.7 Å². The highest BCUT2D eigenvalue weighted by Crippen LogP contribution is 2.25. The largest absolute Gasteiger partial charge is 0.360 e. The Labute approximate surface area is 112 Å². The Hall–Kier alpha value is -1.87. The van der Waals surface area contributed by atoms with Crippen LogP contribution in [-0.2, 0) is 0 Å². The van der Waals surface area contributed by atoms with Crippen molar-refractivity contribution < 1.29 is 0 Å². The number of aromatic amines is 1. The van der Waals surface area contributed by atoms with E-state index in [-0.39, 0.29) is 5.43 Å². The number of benzene rings is 2. The fourth-order valence-electron chi connectivity index (χ4n) is 2.05. The second-order valence-electron chi connectivity index (χ2n) is 4.06. The molecule has 0 bridgehead atoms. The van der Waals surface area contributed by atoms with Crippen molar-refractivity contribution in [3.8, 4) is 11.1 Å². The number of hydrogen-bond acceptors (Lipinski definition) is 1. The Morgan fingerprint density at radius 2 is 1.61 bits per heavy atom. The number of para-hydroxylation sites is 1. The molecule has 0 aliphatic carbocycles. The molecule has 0 aliphatic heterocycles. The summed E-state index contributed by atoms with van der Waals surface area (Å²) in [6.07, 6.45) is 1.77. The molecule has 3 rings (SSSR count). The summed E-state index contributed by atoms with van der Waals surface area (Å²) in [6, 6.07) is 15.3. The van der Waals surface area contributed by atoms with E-state index in [1.54, 1.807) is 6.20 Å². The van der Waals surface area contributed by atoms with E-state index in [1.807, 2.05) is 48.5 Å². The van der Waals surface area contributed by atoms with Crippen LogP contribution < -0.4 is 5.43 Å². The Morgan fingerprint density at radius 3 is 2.44 bits per heavy atom. The molecule has 2 aromatic carbocycles. The van der Waals surface area contributed by atoms with Gasteiger partial charge in [0.1, 0.15) is 0 Å². The Bertz CT molecular complexity index is 777. The molecule has 88 valence electrons. The maximum absolute atomic E-state index is 12.4. The van der Waals surface area contributed by atoms with Crippen LogP contribution in [0.4, 0.5) is 0 Å². The minimum Gasteiger partial charge on any atom is -0.360 e. The Morgan fingerprint density at radius 1 is 0.889 bits per heavy atom. The van der Waals surface area contributed by atoms with Gasteiger partial charge < -0.3 is 4.98 Å². The Kier molecular flexibility index (Phi) is 2.76. The molecule has 0 aliphatic rings. The summed E-state index contributed by atoms with van der Waals surface area (Å²) in [6.45, 7) is 0. The minimum absolute atomic E-state index is 0.0521. The smallest absolute Gasteiger partial charge is 0.197 e. The molecule has 0 atom stereocenters. The summed E-state index contributed by atoms with van der Waals surface area (Å²) in [5.74, 6) is 0. The van der Waals surface area contributed by atoms with Crippen molar-refractivity contribution in [3.63, 3.8) is 0 Å². The lowest BCUT2D eigenvalue weighted by molar-refractivity contribution is 1.38. The molecule has 1 aromatic heterocycles. The van der Waals surface area contributed by atoms with Gasteiger partial charge in [0.2, 0.25) is 0 Å². The van der Waals surface area contributed by atoms with Crippen molar-refractivity contribution in [2.45, 2.75) is 0 Å². The van der Waals surface area contributed by atoms with Crippen molar-refractivity contribution in [2.24, 2.45) is 0 Å². The van der Waals surface area contributed by atoms with E-state index in [2.05, 4.69) is 20.9 Å². The predicted octanol–water partition coefficient (Wildman–Crippen LogP) is 3.96. The average Bonchev–Trinajstić information content (AvgIpc) is 2.41. The number of nitrogens with one attached hydrogen (secondary N) is 1. The van der Waals surface area contributed by atoms with Gasteiger partial charge in [0.05, 0.1) is 0 Å². The molecule has 1 heterocycles. The van der Waals surface area contributed by atoms with Crippen LogP contribution >= 0.6 is 15.9 Å². The van der Waals surface area contributed by atoms with E-state index in [1.165, 1.54) is 0 Å². The molecule has 0 unspecified atom stereocenters. The van der Waals surface area contributed by atoms with Crippen molar-refractivity contribution in [1.82, 2.24) is 4.98 Å². The second kappa shape index (κ2) is 4.42. The zero-order valence-electron chi connectivity index (χ0n) is 9.48. The van der Waals surface area contributed by atoms with Gasteiger partial charge in [-0.25, -0.2) is 0 Å². The topological polar surface area (TPSA) is 32.9 Å². The zero-order chi connectivity index (χ0) is 12.5. The molecule has 18 heavy (non-hydrogen) atoms. The van der Waals surface area contributed by atoms with E-state index in [0.29, 0.717) is 10.9 Å². The number of aromatic nitrogens is 1. The molecule has 0 fully saturated rings. The van der Waals surface area contributed by atoms with E-state index < -0.39 is 0 Å². The van der Waals surface area contributed by atoms with Gasteiger partial charge in [-0.3, -0.25) is 4.79 Å². The van der Waals surface area contributed by atoms with Crippen LogP contribution in [0.15, 0.2) is 64.0 Å². The normalized spacial score (nSPS) is 10.7. The van der Waals surface area contributed by atoms with Gasteiger partial charge in [-0.15, -0.1) is 0 Å². The second-order valence-corrected chi connectivity index (χ2v) is 4.91. The fourth-order valence-corrected chi connectivity index (χ4v) is 2.55. The fraction of sp³-hybridized carbons (Fsp3) is 0. The third-order valence-corrected chi connectivity index (χ3v) is 3.64. The standard InChI is InChI=1S/C15H10BrNO/c16-13-7-3-1-5-10(13)12-9-17-14-8-4-2-6-11(14)15(12)18/h1-9H,(H,17,18). The van der Waals surface area contributed by atoms with Gasteiger partial charge >= 0.3 is 0 Å². The summed E-state index contributed by atoms with van der Waals surface area (Å²) < 4.78 is 0.922. The van der Waals surface area contributed by atoms with Gasteiger partial charge in [-0.1, -0.05) is 46.3 Å². The van der Waals surface area contributed by atoms with Crippen LogP contribution in [0.5, 0.6) is 0 Å². The summed E-state index contributed by atoms with van der Waals surface area (Å²) in [7, 11) is 0. The highest BCUT2D eigenvalue weighted by Gasteiger charge is 2.08. The van der Waals surface area contributed by atoms with Crippen molar-refractivity contribution in [1.29, 1.82) is 0 Å². The maximum Gasteiger partial charge on any atom is 0.197 e. The average molecular weight is 300 g/mol. The van der Waals surface area contributed by atoms with Gasteiger partial charge in [0.25, 0.3) is 0 Å². The van der Waals surface area contributed by atoms with E-state index in [4.69, 9.17) is 0 Å². The van der Waals surface area contributed by atoms with Crippen LogP contribution in [0.25, 0.3) is 22.0 Å². The molecular formula is C15H10BrNO. The predicted molar refractivity (Wildman–Crippen MR) is 77.7 cm³/mol. The lowest BCUT2D eigenvalue weighted by Crippen LogP contribution is -2.06. The van der Waals surface area contributed by atoms with Crippen LogP contribution in [0.3, 0.4) is 0 Å². The van der Waals surface area contributed by atoms with Gasteiger partial charge in [-0.2, -0.15) is 0 Å². The molecule has 0 saturated heterocycles. The van der Waals surface area contributed by atoms with Crippen LogP contribution in [-0.4, -0.2) is 4.98 Å². The van der Waals surface area contributed by atoms with E-state index in [0.717, 1.165) is 15.6 Å².